The Kier molecular flexibility index (Phi) is 4.96. The minimum absolute atomic E-state index is 0.0610. The molecule has 1 saturated heterocycles. The summed E-state index contributed by atoms with van der Waals surface area (Å²) < 4.78 is 13.4. The average molecular weight is 577 g/mol. The summed E-state index contributed by atoms with van der Waals surface area (Å²) in [5, 5.41) is 0. The van der Waals surface area contributed by atoms with Crippen LogP contribution in [0.2, 0.25) is 0 Å². The maximum absolute atomic E-state index is 6.71. The zero-order valence-corrected chi connectivity index (χ0v) is 26.4. The van der Waals surface area contributed by atoms with Crippen molar-refractivity contribution >= 4 is 12.6 Å². The van der Waals surface area contributed by atoms with Gasteiger partial charge in [0.25, 0.3) is 0 Å². The van der Waals surface area contributed by atoms with Gasteiger partial charge in [-0.1, -0.05) is 91.0 Å². The molecule has 0 atom stereocenters. The van der Waals surface area contributed by atoms with Crippen LogP contribution < -0.4 is 5.46 Å². The predicted molar refractivity (Wildman–Crippen MR) is 177 cm³/mol. The van der Waals surface area contributed by atoms with Crippen LogP contribution in [0.4, 0.5) is 0 Å². The second-order valence-corrected chi connectivity index (χ2v) is 16.0. The van der Waals surface area contributed by atoms with E-state index in [-0.39, 0.29) is 29.2 Å². The van der Waals surface area contributed by atoms with Gasteiger partial charge in [-0.15, -0.1) is 0 Å². The Bertz CT molecular complexity index is 1780. The van der Waals surface area contributed by atoms with Crippen LogP contribution in [0.5, 0.6) is 0 Å². The van der Waals surface area contributed by atoms with Gasteiger partial charge in [-0.05, 0) is 133 Å². The molecule has 7 aliphatic rings. The maximum atomic E-state index is 6.71. The number of hydrogen-bond acceptors (Lipinski definition) is 2. The summed E-state index contributed by atoms with van der Waals surface area (Å²) >= 11 is 0. The SMILES string of the molecule is CC1(C)OB(c2ccc3c(c2)C2(c4ccccc4-c4ccccc42)c2ccccc2C32C3CC4CC(C3)CC2C4)OC1(C)C. The van der Waals surface area contributed by atoms with Crippen LogP contribution in [-0.2, 0) is 20.1 Å². The van der Waals surface area contributed by atoms with Crippen LogP contribution in [0.25, 0.3) is 11.1 Å². The van der Waals surface area contributed by atoms with Gasteiger partial charge in [0, 0.05) is 5.41 Å². The third-order valence-electron chi connectivity index (χ3n) is 13.6. The highest BCUT2D eigenvalue weighted by atomic mass is 16.7. The highest BCUT2D eigenvalue weighted by Gasteiger charge is 2.65. The predicted octanol–water partition coefficient (Wildman–Crippen LogP) is 8.40. The van der Waals surface area contributed by atoms with Crippen LogP contribution in [0, 0.1) is 23.7 Å². The Balaban J connectivity index is 1.32. The molecule has 1 aliphatic heterocycles. The van der Waals surface area contributed by atoms with E-state index in [9.17, 15) is 0 Å². The lowest BCUT2D eigenvalue weighted by Crippen LogP contribution is -2.59. The Morgan fingerprint density at radius 3 is 1.57 bits per heavy atom. The third kappa shape index (κ3) is 2.93. The van der Waals surface area contributed by atoms with Crippen molar-refractivity contribution in [1.82, 2.24) is 0 Å². The van der Waals surface area contributed by atoms with E-state index in [0.29, 0.717) is 11.8 Å². The zero-order valence-electron chi connectivity index (χ0n) is 26.4. The van der Waals surface area contributed by atoms with Gasteiger partial charge in [0.15, 0.2) is 0 Å². The molecule has 0 unspecified atom stereocenters. The maximum Gasteiger partial charge on any atom is 0.494 e. The summed E-state index contributed by atoms with van der Waals surface area (Å²) in [4.78, 5) is 0. The minimum Gasteiger partial charge on any atom is -0.399 e. The molecule has 4 bridgehead atoms. The molecule has 220 valence electrons. The first-order valence-electron chi connectivity index (χ1n) is 17.0. The van der Waals surface area contributed by atoms with Crippen molar-refractivity contribution in [2.45, 2.75) is 81.8 Å². The van der Waals surface area contributed by atoms with Gasteiger partial charge in [-0.2, -0.15) is 0 Å². The third-order valence-corrected chi connectivity index (χ3v) is 13.6. The molecule has 0 aromatic heterocycles. The van der Waals surface area contributed by atoms with E-state index >= 15 is 0 Å². The van der Waals surface area contributed by atoms with Crippen LogP contribution in [-0.4, -0.2) is 18.3 Å². The van der Waals surface area contributed by atoms with Crippen molar-refractivity contribution < 1.29 is 9.31 Å². The van der Waals surface area contributed by atoms with Crippen molar-refractivity contribution in [3.63, 3.8) is 0 Å². The lowest BCUT2D eigenvalue weighted by Gasteiger charge is -2.65. The molecular formula is C41H41BO2. The first-order valence-corrected chi connectivity index (χ1v) is 17.0. The topological polar surface area (TPSA) is 18.5 Å². The summed E-state index contributed by atoms with van der Waals surface area (Å²) in [5.74, 6) is 3.22. The molecular weight excluding hydrogens is 535 g/mol. The summed E-state index contributed by atoms with van der Waals surface area (Å²) in [7, 11) is -0.388. The molecule has 0 radical (unpaired) electrons. The van der Waals surface area contributed by atoms with Crippen molar-refractivity contribution in [2.24, 2.45) is 23.7 Å². The normalized spacial score (nSPS) is 32.0. The summed E-state index contributed by atoms with van der Waals surface area (Å²) in [6.45, 7) is 8.65. The molecule has 44 heavy (non-hydrogen) atoms. The molecule has 4 aromatic carbocycles. The quantitative estimate of drug-likeness (QED) is 0.187. The van der Waals surface area contributed by atoms with E-state index in [1.807, 2.05) is 0 Å². The van der Waals surface area contributed by atoms with E-state index in [0.717, 1.165) is 17.3 Å². The van der Waals surface area contributed by atoms with Crippen LogP contribution in [0.15, 0.2) is 91.0 Å². The van der Waals surface area contributed by atoms with Gasteiger partial charge in [-0.3, -0.25) is 0 Å². The monoisotopic (exact) mass is 576 g/mol. The molecule has 0 N–H and O–H groups in total. The van der Waals surface area contributed by atoms with Crippen LogP contribution in [0.1, 0.15) is 93.2 Å². The number of fused-ring (bicyclic) bond motifs is 9. The molecule has 2 spiro atoms. The lowest BCUT2D eigenvalue weighted by atomic mass is 9.38. The van der Waals surface area contributed by atoms with E-state index in [1.165, 1.54) is 65.5 Å². The molecule has 5 fully saturated rings. The van der Waals surface area contributed by atoms with Crippen LogP contribution in [0.3, 0.4) is 0 Å². The standard InChI is InChI=1S/C41H41BO2/c1-38(2)39(3,4)44-42(43-38)29-17-18-36-37(24-29)41(32-13-7-5-11-30(32)31-12-6-8-14-33(31)41)35-16-10-9-15-34(35)40(36)27-20-25-19-26(22-27)23-28(40)21-25/h5-18,24-28H,19-23H2,1-4H3. The lowest BCUT2D eigenvalue weighted by molar-refractivity contribution is -0.0440. The van der Waals surface area contributed by atoms with Gasteiger partial charge >= 0.3 is 7.12 Å². The summed E-state index contributed by atoms with van der Waals surface area (Å²) in [5.41, 5.74) is 11.8. The Hall–Kier alpha value is -3.14. The van der Waals surface area contributed by atoms with E-state index in [2.05, 4.69) is 119 Å². The Morgan fingerprint density at radius 2 is 1.00 bits per heavy atom. The zero-order chi connectivity index (χ0) is 29.6. The fourth-order valence-electron chi connectivity index (χ4n) is 11.4. The van der Waals surface area contributed by atoms with Crippen molar-refractivity contribution in [2.75, 3.05) is 0 Å². The molecule has 4 aromatic rings. The number of rotatable bonds is 1. The van der Waals surface area contributed by atoms with Crippen LogP contribution >= 0.6 is 0 Å². The number of hydrogen-bond donors (Lipinski definition) is 0. The molecule has 2 nitrogen and oxygen atoms in total. The van der Waals surface area contributed by atoms with Gasteiger partial charge in [0.05, 0.1) is 16.6 Å². The molecule has 11 rings (SSSR count). The highest BCUT2D eigenvalue weighted by Crippen LogP contribution is 2.71. The van der Waals surface area contributed by atoms with Crippen molar-refractivity contribution in [3.8, 4) is 11.1 Å². The fourth-order valence-corrected chi connectivity index (χ4v) is 11.4. The molecule has 3 heteroatoms. The van der Waals surface area contributed by atoms with E-state index in [1.54, 1.807) is 11.1 Å². The largest absolute Gasteiger partial charge is 0.494 e. The number of benzene rings is 4. The Morgan fingerprint density at radius 1 is 0.523 bits per heavy atom. The van der Waals surface area contributed by atoms with E-state index < -0.39 is 0 Å². The fraction of sp³-hybridized carbons (Fsp3) is 0.415. The Labute approximate surface area is 262 Å². The first-order chi connectivity index (χ1) is 21.2. The van der Waals surface area contributed by atoms with Gasteiger partial charge in [0.1, 0.15) is 0 Å². The summed E-state index contributed by atoms with van der Waals surface area (Å²) in [6.07, 6.45) is 6.96. The second kappa shape index (κ2) is 8.36. The molecule has 1 heterocycles. The molecule has 0 amide bonds. The van der Waals surface area contributed by atoms with Crippen molar-refractivity contribution in [3.05, 3.63) is 124 Å². The minimum atomic E-state index is -0.388. The van der Waals surface area contributed by atoms with Crippen molar-refractivity contribution in [1.29, 1.82) is 0 Å². The highest BCUT2D eigenvalue weighted by molar-refractivity contribution is 6.62. The molecule has 4 saturated carbocycles. The van der Waals surface area contributed by atoms with Gasteiger partial charge in [-0.25, -0.2) is 0 Å². The first kappa shape index (κ1) is 26.1. The second-order valence-electron chi connectivity index (χ2n) is 16.0. The van der Waals surface area contributed by atoms with E-state index in [4.69, 9.17) is 9.31 Å². The molecule has 6 aliphatic carbocycles. The van der Waals surface area contributed by atoms with Gasteiger partial charge < -0.3 is 9.31 Å². The van der Waals surface area contributed by atoms with Gasteiger partial charge in [0.2, 0.25) is 0 Å². The average Bonchev–Trinajstić information content (AvgIpc) is 3.43. The summed E-state index contributed by atoms with van der Waals surface area (Å²) in [6, 6.07) is 35.5. The smallest absolute Gasteiger partial charge is 0.399 e.